The van der Waals surface area contributed by atoms with Gasteiger partial charge in [0.25, 0.3) is 5.91 Å². The van der Waals surface area contributed by atoms with Crippen molar-refractivity contribution in [1.82, 2.24) is 19.6 Å². The number of fused-ring (bicyclic) bond motifs is 3. The molecule has 186 valence electrons. The minimum Gasteiger partial charge on any atom is -0.490 e. The molecule has 0 radical (unpaired) electrons. The molecule has 1 aromatic carbocycles. The lowest BCUT2D eigenvalue weighted by Gasteiger charge is -2.23. The molecule has 0 saturated carbocycles. The predicted molar refractivity (Wildman–Crippen MR) is 132 cm³/mol. The summed E-state index contributed by atoms with van der Waals surface area (Å²) in [6, 6.07) is 5.80. The van der Waals surface area contributed by atoms with Gasteiger partial charge in [0.05, 0.1) is 24.2 Å². The van der Waals surface area contributed by atoms with Crippen molar-refractivity contribution >= 4 is 29.2 Å². The van der Waals surface area contributed by atoms with Crippen LogP contribution in [0.3, 0.4) is 0 Å². The number of benzene rings is 1. The number of imide groups is 1. The second kappa shape index (κ2) is 8.19. The molecular weight excluding hydrogens is 480 g/mol. The molecule has 1 atom stereocenters. The summed E-state index contributed by atoms with van der Waals surface area (Å²) in [5.41, 5.74) is 3.36. The molecule has 9 nitrogen and oxygen atoms in total. The van der Waals surface area contributed by atoms with E-state index in [1.165, 1.54) is 0 Å². The second-order valence-corrected chi connectivity index (χ2v) is 10.9. The zero-order valence-electron chi connectivity index (χ0n) is 20.4. The maximum absolute atomic E-state index is 13.6. The van der Waals surface area contributed by atoms with Crippen LogP contribution in [0.2, 0.25) is 0 Å². The Balaban J connectivity index is 1.22. The first-order valence-corrected chi connectivity index (χ1v) is 12.8. The lowest BCUT2D eigenvalue weighted by atomic mass is 9.93. The van der Waals surface area contributed by atoms with Gasteiger partial charge in [0, 0.05) is 41.2 Å². The van der Waals surface area contributed by atoms with E-state index in [0.717, 1.165) is 42.7 Å². The third-order valence-electron chi connectivity index (χ3n) is 7.38. The number of amides is 3. The van der Waals surface area contributed by atoms with Crippen molar-refractivity contribution in [3.05, 3.63) is 57.0 Å². The minimum absolute atomic E-state index is 0.303. The molecule has 3 aromatic rings. The van der Waals surface area contributed by atoms with Gasteiger partial charge >= 0.3 is 6.09 Å². The molecule has 0 bridgehead atoms. The zero-order chi connectivity index (χ0) is 25.2. The number of aryl methyl sites for hydroxylation is 3. The summed E-state index contributed by atoms with van der Waals surface area (Å²) in [7, 11) is 1.86. The molecule has 3 amide bonds. The molecule has 4 heterocycles. The minimum atomic E-state index is -1.36. The van der Waals surface area contributed by atoms with E-state index in [0.29, 0.717) is 38.1 Å². The van der Waals surface area contributed by atoms with Crippen molar-refractivity contribution < 1.29 is 23.9 Å². The lowest BCUT2D eigenvalue weighted by molar-refractivity contribution is -0.142. The molecule has 36 heavy (non-hydrogen) atoms. The van der Waals surface area contributed by atoms with Crippen LogP contribution in [0.1, 0.15) is 32.9 Å². The van der Waals surface area contributed by atoms with Crippen molar-refractivity contribution in [2.45, 2.75) is 38.8 Å². The highest BCUT2D eigenvalue weighted by atomic mass is 32.1. The summed E-state index contributed by atoms with van der Waals surface area (Å²) >= 11 is 1.61. The quantitative estimate of drug-likeness (QED) is 0.541. The van der Waals surface area contributed by atoms with Crippen LogP contribution >= 0.6 is 11.3 Å². The molecule has 1 fully saturated rings. The summed E-state index contributed by atoms with van der Waals surface area (Å²) in [4.78, 5) is 44.4. The Morgan fingerprint density at radius 2 is 2.06 bits per heavy atom. The maximum atomic E-state index is 13.6. The summed E-state index contributed by atoms with van der Waals surface area (Å²) in [6.07, 6.45) is 3.91. The van der Waals surface area contributed by atoms with E-state index in [1.807, 2.05) is 45.3 Å². The molecule has 1 aliphatic carbocycles. The first kappa shape index (κ1) is 22.8. The fourth-order valence-electron chi connectivity index (χ4n) is 5.33. The monoisotopic (exact) mass is 506 g/mol. The van der Waals surface area contributed by atoms with E-state index in [-0.39, 0.29) is 12.5 Å². The van der Waals surface area contributed by atoms with Gasteiger partial charge in [-0.05, 0) is 31.4 Å². The molecule has 0 unspecified atom stereocenters. The van der Waals surface area contributed by atoms with Crippen molar-refractivity contribution in [1.29, 1.82) is 0 Å². The number of ether oxygens (including phenoxy) is 2. The number of hydrogen-bond acceptors (Lipinski definition) is 7. The van der Waals surface area contributed by atoms with Gasteiger partial charge in [-0.25, -0.2) is 9.69 Å². The number of carbonyl (C=O) groups excluding carboxylic acids is 3. The Hall–Kier alpha value is -3.66. The normalized spacial score (nSPS) is 20.9. The summed E-state index contributed by atoms with van der Waals surface area (Å²) in [5, 5.41) is 4.22. The van der Waals surface area contributed by atoms with Crippen LogP contribution in [0, 0.1) is 13.8 Å². The molecule has 0 N–H and O–H groups in total. The van der Waals surface area contributed by atoms with E-state index in [9.17, 15) is 14.4 Å². The smallest absolute Gasteiger partial charge is 0.418 e. The lowest BCUT2D eigenvalue weighted by Crippen LogP contribution is -2.45. The highest BCUT2D eigenvalue weighted by molar-refractivity contribution is 7.12. The Bertz CT molecular complexity index is 1430. The van der Waals surface area contributed by atoms with Crippen LogP contribution < -0.4 is 4.74 Å². The molecule has 2 aliphatic heterocycles. The van der Waals surface area contributed by atoms with Gasteiger partial charge in [-0.1, -0.05) is 18.2 Å². The molecule has 1 spiro atoms. The predicted octanol–water partition coefficient (Wildman–Crippen LogP) is 3.31. The van der Waals surface area contributed by atoms with Crippen molar-refractivity contribution in [3.63, 3.8) is 0 Å². The number of rotatable bonds is 3. The standard InChI is InChI=1S/C26H26N4O5S/c1-15-16(2)36-21-13-29(8-9-34-23(15)21)22(31)14-30-24(32)26(35-25(30)33)7-6-18-10-17(4-5-20(18)26)19-11-27-28(3)12-19/h4-5,10-12H,6-9,13-14H2,1-3H3/t26-/m0/s1. The molecule has 6 rings (SSSR count). The van der Waals surface area contributed by atoms with E-state index in [4.69, 9.17) is 9.47 Å². The van der Waals surface area contributed by atoms with Gasteiger partial charge in [0.15, 0.2) is 0 Å². The van der Waals surface area contributed by atoms with Crippen LogP contribution in [0.5, 0.6) is 5.75 Å². The highest BCUT2D eigenvalue weighted by Crippen LogP contribution is 2.46. The topological polar surface area (TPSA) is 94.0 Å². The fourth-order valence-corrected chi connectivity index (χ4v) is 6.47. The second-order valence-electron chi connectivity index (χ2n) is 9.56. The van der Waals surface area contributed by atoms with E-state index >= 15 is 0 Å². The Morgan fingerprint density at radius 1 is 1.22 bits per heavy atom. The number of thiophene rings is 1. The molecule has 10 heteroatoms. The number of hydrogen-bond donors (Lipinski definition) is 0. The van der Waals surface area contributed by atoms with Crippen LogP contribution in [0.25, 0.3) is 11.1 Å². The van der Waals surface area contributed by atoms with E-state index in [2.05, 4.69) is 5.10 Å². The molecular formula is C26H26N4O5S. The largest absolute Gasteiger partial charge is 0.490 e. The first-order chi connectivity index (χ1) is 17.3. The Morgan fingerprint density at radius 3 is 2.83 bits per heavy atom. The van der Waals surface area contributed by atoms with Crippen molar-refractivity contribution in [3.8, 4) is 16.9 Å². The Labute approximate surface area is 212 Å². The van der Waals surface area contributed by atoms with Gasteiger partial charge in [-0.15, -0.1) is 11.3 Å². The summed E-state index contributed by atoms with van der Waals surface area (Å²) in [6.45, 7) is 4.85. The maximum Gasteiger partial charge on any atom is 0.418 e. The molecule has 2 aromatic heterocycles. The highest BCUT2D eigenvalue weighted by Gasteiger charge is 2.58. The average Bonchev–Trinajstić information content (AvgIpc) is 3.53. The van der Waals surface area contributed by atoms with Crippen molar-refractivity contribution in [2.75, 3.05) is 19.7 Å². The third kappa shape index (κ3) is 3.42. The fraction of sp³-hybridized carbons (Fsp3) is 0.385. The van der Waals surface area contributed by atoms with Gasteiger partial charge in [-0.2, -0.15) is 5.10 Å². The van der Waals surface area contributed by atoms with Crippen LogP contribution in [-0.4, -0.2) is 57.2 Å². The van der Waals surface area contributed by atoms with E-state index in [1.54, 1.807) is 27.1 Å². The van der Waals surface area contributed by atoms with Crippen LogP contribution in [0.4, 0.5) is 4.79 Å². The number of nitrogens with zero attached hydrogens (tertiary/aromatic N) is 4. The van der Waals surface area contributed by atoms with E-state index < -0.39 is 17.6 Å². The van der Waals surface area contributed by atoms with Crippen molar-refractivity contribution in [2.24, 2.45) is 7.05 Å². The zero-order valence-corrected chi connectivity index (χ0v) is 21.2. The van der Waals surface area contributed by atoms with Gasteiger partial charge < -0.3 is 14.4 Å². The van der Waals surface area contributed by atoms with Gasteiger partial charge in [0.2, 0.25) is 11.5 Å². The van der Waals surface area contributed by atoms with Crippen LogP contribution in [-0.2, 0) is 39.9 Å². The summed E-state index contributed by atoms with van der Waals surface area (Å²) in [5.74, 6) is 0.0718. The van der Waals surface area contributed by atoms with Gasteiger partial charge in [0.1, 0.15) is 18.9 Å². The summed E-state index contributed by atoms with van der Waals surface area (Å²) < 4.78 is 13.4. The average molecular weight is 507 g/mol. The molecule has 3 aliphatic rings. The molecule has 1 saturated heterocycles. The number of carbonyl (C=O) groups is 3. The Kier molecular flexibility index (Phi) is 5.18. The third-order valence-corrected chi connectivity index (χ3v) is 8.56. The SMILES string of the molecule is Cc1sc2c(c1C)OCCN(C(=O)CN1C(=O)O[C@]3(CCc4cc(-c5cnn(C)c5)ccc43)C1=O)C2. The van der Waals surface area contributed by atoms with Gasteiger partial charge in [-0.3, -0.25) is 14.3 Å². The first-order valence-electron chi connectivity index (χ1n) is 11.9. The van der Waals surface area contributed by atoms with Crippen LogP contribution in [0.15, 0.2) is 30.6 Å². The number of aromatic nitrogens is 2.